The van der Waals surface area contributed by atoms with Crippen molar-refractivity contribution in [2.75, 3.05) is 20.3 Å². The van der Waals surface area contributed by atoms with Gasteiger partial charge < -0.3 is 19.5 Å². The highest BCUT2D eigenvalue weighted by atomic mass is 19.1. The Morgan fingerprint density at radius 3 is 2.63 bits per heavy atom. The van der Waals surface area contributed by atoms with Crippen LogP contribution < -0.4 is 5.32 Å². The van der Waals surface area contributed by atoms with E-state index < -0.39 is 0 Å². The molecule has 6 heteroatoms. The molecular weight excluding hydrogens is 381 g/mol. The van der Waals surface area contributed by atoms with Crippen LogP contribution in [0.3, 0.4) is 0 Å². The van der Waals surface area contributed by atoms with Crippen LogP contribution in [0.1, 0.15) is 23.2 Å². The van der Waals surface area contributed by atoms with Crippen molar-refractivity contribution >= 4 is 6.03 Å². The molecule has 3 aromatic rings. The molecule has 0 fully saturated rings. The SMILES string of the molecule is COCCCN(Cc1cccn1Cc1cccc(F)c1)C(=O)NCc1ccccc1. The number of amides is 2. The predicted octanol–water partition coefficient (Wildman–Crippen LogP) is 4.42. The van der Waals surface area contributed by atoms with Gasteiger partial charge in [0.15, 0.2) is 0 Å². The Labute approximate surface area is 177 Å². The molecule has 0 atom stereocenters. The fourth-order valence-corrected chi connectivity index (χ4v) is 3.31. The van der Waals surface area contributed by atoms with Crippen molar-refractivity contribution < 1.29 is 13.9 Å². The van der Waals surface area contributed by atoms with E-state index in [9.17, 15) is 9.18 Å². The minimum absolute atomic E-state index is 0.117. The van der Waals surface area contributed by atoms with Crippen molar-refractivity contribution in [3.8, 4) is 0 Å². The number of nitrogens with zero attached hydrogens (tertiary/aromatic N) is 2. The van der Waals surface area contributed by atoms with Crippen LogP contribution in [0.5, 0.6) is 0 Å². The molecule has 0 saturated carbocycles. The summed E-state index contributed by atoms with van der Waals surface area (Å²) >= 11 is 0. The summed E-state index contributed by atoms with van der Waals surface area (Å²) < 4.78 is 20.7. The van der Waals surface area contributed by atoms with Crippen molar-refractivity contribution in [2.45, 2.75) is 26.1 Å². The minimum Gasteiger partial charge on any atom is -0.385 e. The first-order chi connectivity index (χ1) is 14.7. The molecule has 0 aliphatic rings. The second kappa shape index (κ2) is 11.2. The first kappa shape index (κ1) is 21.6. The molecule has 0 saturated heterocycles. The summed E-state index contributed by atoms with van der Waals surface area (Å²) in [5.74, 6) is -0.248. The molecule has 0 spiro atoms. The standard InChI is InChI=1S/C24H28FN3O2/c1-30-15-7-14-28(24(29)26-17-20-8-3-2-4-9-20)19-23-12-6-13-27(23)18-21-10-5-11-22(25)16-21/h2-6,8-13,16H,7,14-15,17-19H2,1H3,(H,26,29). The Morgan fingerprint density at radius 2 is 1.87 bits per heavy atom. The van der Waals surface area contributed by atoms with E-state index in [0.29, 0.717) is 32.8 Å². The highest BCUT2D eigenvalue weighted by Crippen LogP contribution is 2.12. The summed E-state index contributed by atoms with van der Waals surface area (Å²) in [4.78, 5) is 14.7. The van der Waals surface area contributed by atoms with Gasteiger partial charge in [-0.2, -0.15) is 0 Å². The largest absolute Gasteiger partial charge is 0.385 e. The number of halogens is 1. The summed E-state index contributed by atoms with van der Waals surface area (Å²) in [5, 5.41) is 3.00. The molecule has 1 N–H and O–H groups in total. The zero-order chi connectivity index (χ0) is 21.2. The van der Waals surface area contributed by atoms with Crippen LogP contribution in [-0.4, -0.2) is 35.8 Å². The number of rotatable bonds is 10. The lowest BCUT2D eigenvalue weighted by Gasteiger charge is -2.24. The van der Waals surface area contributed by atoms with Crippen molar-refractivity contribution in [1.82, 2.24) is 14.8 Å². The van der Waals surface area contributed by atoms with E-state index in [1.807, 2.05) is 59.3 Å². The molecule has 0 aliphatic heterocycles. The monoisotopic (exact) mass is 409 g/mol. The van der Waals surface area contributed by atoms with Gasteiger partial charge in [-0.3, -0.25) is 0 Å². The lowest BCUT2D eigenvalue weighted by Crippen LogP contribution is -2.40. The number of carbonyl (C=O) groups is 1. The lowest BCUT2D eigenvalue weighted by molar-refractivity contribution is 0.165. The summed E-state index contributed by atoms with van der Waals surface area (Å²) in [6.07, 6.45) is 2.70. The molecule has 0 bridgehead atoms. The number of methoxy groups -OCH3 is 1. The maximum Gasteiger partial charge on any atom is 0.318 e. The van der Waals surface area contributed by atoms with Crippen molar-refractivity contribution in [3.63, 3.8) is 0 Å². The van der Waals surface area contributed by atoms with Crippen LogP contribution in [0.25, 0.3) is 0 Å². The Bertz CT molecular complexity index is 927. The molecule has 0 radical (unpaired) electrons. The van der Waals surface area contributed by atoms with Gasteiger partial charge in [0, 0.05) is 45.2 Å². The van der Waals surface area contributed by atoms with E-state index in [-0.39, 0.29) is 11.8 Å². The number of hydrogen-bond acceptors (Lipinski definition) is 2. The number of aromatic nitrogens is 1. The lowest BCUT2D eigenvalue weighted by atomic mass is 10.2. The second-order valence-corrected chi connectivity index (χ2v) is 7.17. The topological polar surface area (TPSA) is 46.5 Å². The molecule has 30 heavy (non-hydrogen) atoms. The van der Waals surface area contributed by atoms with Gasteiger partial charge in [0.1, 0.15) is 5.82 Å². The first-order valence-corrected chi connectivity index (χ1v) is 10.1. The summed E-state index contributed by atoms with van der Waals surface area (Å²) in [6.45, 7) is 2.67. The Kier molecular flexibility index (Phi) is 8.03. The molecule has 0 unspecified atom stereocenters. The van der Waals surface area contributed by atoms with E-state index >= 15 is 0 Å². The molecule has 2 amide bonds. The Balaban J connectivity index is 1.67. The molecule has 1 heterocycles. The van der Waals surface area contributed by atoms with Crippen LogP contribution in [-0.2, 0) is 24.4 Å². The normalized spacial score (nSPS) is 10.7. The van der Waals surface area contributed by atoms with Crippen LogP contribution in [0.2, 0.25) is 0 Å². The molecular formula is C24H28FN3O2. The van der Waals surface area contributed by atoms with Gasteiger partial charge in [-0.05, 0) is 41.8 Å². The van der Waals surface area contributed by atoms with E-state index in [1.54, 1.807) is 18.1 Å². The molecule has 158 valence electrons. The number of carbonyl (C=O) groups excluding carboxylic acids is 1. The van der Waals surface area contributed by atoms with Gasteiger partial charge in [0.2, 0.25) is 0 Å². The maximum atomic E-state index is 13.5. The number of urea groups is 1. The summed E-state index contributed by atoms with van der Waals surface area (Å²) in [6, 6.07) is 20.2. The summed E-state index contributed by atoms with van der Waals surface area (Å²) in [5.41, 5.74) is 2.93. The highest BCUT2D eigenvalue weighted by Gasteiger charge is 2.15. The van der Waals surface area contributed by atoms with Crippen LogP contribution >= 0.6 is 0 Å². The van der Waals surface area contributed by atoms with Gasteiger partial charge in [0.05, 0.1) is 6.54 Å². The van der Waals surface area contributed by atoms with Crippen LogP contribution in [0, 0.1) is 5.82 Å². The van der Waals surface area contributed by atoms with E-state index in [2.05, 4.69) is 5.32 Å². The zero-order valence-corrected chi connectivity index (χ0v) is 17.3. The molecule has 3 rings (SSSR count). The molecule has 2 aromatic carbocycles. The van der Waals surface area contributed by atoms with Crippen molar-refractivity contribution in [3.05, 3.63) is 95.6 Å². The average molecular weight is 410 g/mol. The Hall–Kier alpha value is -3.12. The second-order valence-electron chi connectivity index (χ2n) is 7.17. The van der Waals surface area contributed by atoms with Gasteiger partial charge in [-0.15, -0.1) is 0 Å². The van der Waals surface area contributed by atoms with Gasteiger partial charge in [-0.25, -0.2) is 9.18 Å². The number of nitrogens with one attached hydrogen (secondary N) is 1. The fourth-order valence-electron chi connectivity index (χ4n) is 3.31. The third-order valence-corrected chi connectivity index (χ3v) is 4.87. The first-order valence-electron chi connectivity index (χ1n) is 10.1. The smallest absolute Gasteiger partial charge is 0.318 e. The zero-order valence-electron chi connectivity index (χ0n) is 17.3. The van der Waals surface area contributed by atoms with E-state index in [1.165, 1.54) is 12.1 Å². The maximum absolute atomic E-state index is 13.5. The number of ether oxygens (including phenoxy) is 1. The van der Waals surface area contributed by atoms with Crippen molar-refractivity contribution in [1.29, 1.82) is 0 Å². The van der Waals surface area contributed by atoms with E-state index in [0.717, 1.165) is 23.2 Å². The quantitative estimate of drug-likeness (QED) is 0.504. The third kappa shape index (κ3) is 6.46. The highest BCUT2D eigenvalue weighted by molar-refractivity contribution is 5.74. The van der Waals surface area contributed by atoms with Gasteiger partial charge >= 0.3 is 6.03 Å². The average Bonchev–Trinajstić information content (AvgIpc) is 3.18. The molecule has 1 aromatic heterocycles. The summed E-state index contributed by atoms with van der Waals surface area (Å²) in [7, 11) is 1.66. The predicted molar refractivity (Wildman–Crippen MR) is 116 cm³/mol. The van der Waals surface area contributed by atoms with E-state index in [4.69, 9.17) is 4.74 Å². The molecule has 5 nitrogen and oxygen atoms in total. The molecule has 0 aliphatic carbocycles. The Morgan fingerprint density at radius 1 is 1.07 bits per heavy atom. The van der Waals surface area contributed by atoms with Crippen LogP contribution in [0.15, 0.2) is 72.9 Å². The van der Waals surface area contributed by atoms with Gasteiger partial charge in [0.25, 0.3) is 0 Å². The van der Waals surface area contributed by atoms with Crippen molar-refractivity contribution in [2.24, 2.45) is 0 Å². The number of hydrogen-bond donors (Lipinski definition) is 1. The van der Waals surface area contributed by atoms with Crippen LogP contribution in [0.4, 0.5) is 9.18 Å². The third-order valence-electron chi connectivity index (χ3n) is 4.87. The minimum atomic E-state index is -0.248. The number of benzene rings is 2. The van der Waals surface area contributed by atoms with Gasteiger partial charge in [-0.1, -0.05) is 42.5 Å². The fraction of sp³-hybridized carbons (Fsp3) is 0.292.